The van der Waals surface area contributed by atoms with Crippen molar-refractivity contribution in [2.75, 3.05) is 0 Å². The average molecular weight is 448 g/mol. The number of nitrogens with zero attached hydrogens (tertiary/aromatic N) is 2. The highest BCUT2D eigenvalue weighted by Gasteiger charge is 2.29. The van der Waals surface area contributed by atoms with Crippen LogP contribution in [-0.2, 0) is 19.8 Å². The van der Waals surface area contributed by atoms with Crippen molar-refractivity contribution in [1.82, 2.24) is 0 Å². The molecule has 6 rings (SSSR count). The number of benzene rings is 3. The molecule has 0 saturated heterocycles. The number of hydrogen-bond acceptors (Lipinski definition) is 2. The minimum absolute atomic E-state index is 0.365. The quantitative estimate of drug-likeness (QED) is 0.272. The molecule has 5 aromatic rings. The minimum atomic E-state index is -1.86. The van der Waals surface area contributed by atoms with Crippen LogP contribution in [0.25, 0.3) is 44.3 Å². The maximum atomic E-state index is 10.0. The number of rotatable bonds is 2. The smallest absolute Gasteiger partial charge is 0.216 e. The van der Waals surface area contributed by atoms with Gasteiger partial charge < -0.3 is 4.42 Å². The Morgan fingerprint density at radius 1 is 1.00 bits per heavy atom. The fraction of sp³-hybridized carbons (Fsp3) is 0.226. The lowest BCUT2D eigenvalue weighted by Gasteiger charge is -2.14. The molecule has 3 nitrogen and oxygen atoms in total. The second kappa shape index (κ2) is 7.30. The molecule has 0 radical (unpaired) electrons. The van der Waals surface area contributed by atoms with E-state index in [1.165, 1.54) is 0 Å². The molecule has 0 amide bonds. The number of fused-ring (bicyclic) bond motifs is 4. The monoisotopic (exact) mass is 447 g/mol. The average Bonchev–Trinajstić information content (AvgIpc) is 3.31. The highest BCUT2D eigenvalue weighted by Crippen LogP contribution is 2.43. The summed E-state index contributed by atoms with van der Waals surface area (Å²) in [5.41, 5.74) is 5.65. The van der Waals surface area contributed by atoms with Crippen molar-refractivity contribution in [1.29, 1.82) is 5.26 Å². The van der Waals surface area contributed by atoms with E-state index in [4.69, 9.17) is 9.90 Å². The van der Waals surface area contributed by atoms with E-state index in [0.717, 1.165) is 38.7 Å². The zero-order chi connectivity index (χ0) is 27.2. The van der Waals surface area contributed by atoms with Gasteiger partial charge in [-0.05, 0) is 59.5 Å². The molecule has 0 spiro atoms. The van der Waals surface area contributed by atoms with Crippen LogP contribution in [0, 0.1) is 23.7 Å². The predicted octanol–water partition coefficient (Wildman–Crippen LogP) is 7.05. The van der Waals surface area contributed by atoms with Crippen molar-refractivity contribution in [3.05, 3.63) is 89.1 Å². The lowest BCUT2D eigenvalue weighted by molar-refractivity contribution is -0.660. The number of pyridine rings is 1. The third-order valence-corrected chi connectivity index (χ3v) is 6.62. The summed E-state index contributed by atoms with van der Waals surface area (Å²) in [6.07, 6.45) is -1.69. The largest absolute Gasteiger partial charge is 0.454 e. The zero-order valence-electron chi connectivity index (χ0n) is 23.7. The van der Waals surface area contributed by atoms with Crippen LogP contribution in [0.2, 0.25) is 0 Å². The van der Waals surface area contributed by atoms with Crippen molar-refractivity contribution in [2.24, 2.45) is 12.5 Å². The molecule has 0 atom stereocenters. The molecular formula is C31H27N2O+. The third kappa shape index (κ3) is 3.06. The van der Waals surface area contributed by atoms with Gasteiger partial charge in [0.05, 0.1) is 17.2 Å². The molecule has 0 aliphatic heterocycles. The van der Waals surface area contributed by atoms with Crippen LogP contribution in [-0.4, -0.2) is 0 Å². The fourth-order valence-corrected chi connectivity index (χ4v) is 5.15. The Bertz CT molecular complexity index is 1840. The summed E-state index contributed by atoms with van der Waals surface area (Å²) < 4.78 is 43.6. The molecule has 3 aromatic carbocycles. The van der Waals surface area contributed by atoms with Gasteiger partial charge >= 0.3 is 0 Å². The first-order chi connectivity index (χ1) is 17.9. The Hall–Kier alpha value is -3.90. The maximum Gasteiger partial charge on any atom is 0.216 e. The van der Waals surface area contributed by atoms with Gasteiger partial charge in [-0.1, -0.05) is 50.2 Å². The molecule has 2 aromatic heterocycles. The number of aryl methyl sites for hydroxylation is 2. The molecule has 0 saturated carbocycles. The molecule has 0 fully saturated rings. The van der Waals surface area contributed by atoms with Gasteiger partial charge in [-0.15, -0.1) is 0 Å². The number of nitriles is 1. The summed E-state index contributed by atoms with van der Waals surface area (Å²) in [7, 11) is 1.98. The van der Waals surface area contributed by atoms with Gasteiger partial charge in [-0.25, -0.2) is 4.57 Å². The SMILES string of the molecule is [2H]C1([2H])c2ccc(-c3cccc4c3oc3c(-c5cccc[n+]5C)c(C)cc(C#N)c34)cc2C([2H])([2H])C1(C)C. The van der Waals surface area contributed by atoms with E-state index in [-0.39, 0.29) is 0 Å². The van der Waals surface area contributed by atoms with Crippen molar-refractivity contribution >= 4 is 21.9 Å². The van der Waals surface area contributed by atoms with E-state index in [2.05, 4.69) is 6.07 Å². The first kappa shape index (κ1) is 16.7. The molecular weight excluding hydrogens is 416 g/mol. The number of hydrogen-bond donors (Lipinski definition) is 0. The van der Waals surface area contributed by atoms with E-state index in [9.17, 15) is 5.26 Å². The Labute approximate surface area is 205 Å². The lowest BCUT2D eigenvalue weighted by Crippen LogP contribution is -2.30. The van der Waals surface area contributed by atoms with E-state index < -0.39 is 18.2 Å². The Morgan fingerprint density at radius 2 is 1.82 bits per heavy atom. The summed E-state index contributed by atoms with van der Waals surface area (Å²) in [5.74, 6) is 0. The van der Waals surface area contributed by atoms with Crippen LogP contribution >= 0.6 is 0 Å². The molecule has 34 heavy (non-hydrogen) atoms. The van der Waals surface area contributed by atoms with Crippen molar-refractivity contribution < 1.29 is 14.5 Å². The van der Waals surface area contributed by atoms with E-state index in [1.807, 2.05) is 73.3 Å². The first-order valence-corrected chi connectivity index (χ1v) is 11.4. The van der Waals surface area contributed by atoms with Gasteiger partial charge in [0.15, 0.2) is 11.8 Å². The highest BCUT2D eigenvalue weighted by atomic mass is 16.3. The van der Waals surface area contributed by atoms with E-state index in [0.29, 0.717) is 27.9 Å². The summed E-state index contributed by atoms with van der Waals surface area (Å²) in [5, 5.41) is 11.6. The van der Waals surface area contributed by atoms with E-state index >= 15 is 0 Å². The second-order valence-electron chi connectivity index (χ2n) is 9.55. The Kier molecular flexibility index (Phi) is 3.58. The molecule has 3 heteroatoms. The lowest BCUT2D eigenvalue weighted by atomic mass is 9.90. The Morgan fingerprint density at radius 3 is 2.62 bits per heavy atom. The van der Waals surface area contributed by atoms with Crippen molar-refractivity contribution in [2.45, 2.75) is 33.5 Å². The van der Waals surface area contributed by atoms with Gasteiger partial charge in [-0.2, -0.15) is 5.26 Å². The van der Waals surface area contributed by atoms with Gasteiger partial charge in [0, 0.05) is 34.0 Å². The van der Waals surface area contributed by atoms with Crippen LogP contribution in [0.5, 0.6) is 0 Å². The minimum Gasteiger partial charge on any atom is -0.454 e. The summed E-state index contributed by atoms with van der Waals surface area (Å²) in [6.45, 7) is 5.27. The predicted molar refractivity (Wildman–Crippen MR) is 136 cm³/mol. The van der Waals surface area contributed by atoms with Crippen molar-refractivity contribution in [3.8, 4) is 28.5 Å². The molecule has 1 aliphatic rings. The number of furan rings is 1. The normalized spacial score (nSPS) is 19.1. The molecule has 0 bridgehead atoms. The van der Waals surface area contributed by atoms with Crippen LogP contribution in [0.15, 0.2) is 71.3 Å². The first-order valence-electron chi connectivity index (χ1n) is 13.4. The third-order valence-electron chi connectivity index (χ3n) is 6.62. The van der Waals surface area contributed by atoms with Crippen LogP contribution < -0.4 is 4.57 Å². The summed E-state index contributed by atoms with van der Waals surface area (Å²) in [6, 6.07) is 21.3. The molecule has 0 N–H and O–H groups in total. The van der Waals surface area contributed by atoms with Crippen LogP contribution in [0.1, 0.15) is 41.6 Å². The molecule has 166 valence electrons. The van der Waals surface area contributed by atoms with Gasteiger partial charge in [0.1, 0.15) is 12.6 Å². The highest BCUT2D eigenvalue weighted by molar-refractivity contribution is 6.15. The maximum absolute atomic E-state index is 10.0. The van der Waals surface area contributed by atoms with Gasteiger partial charge in [0.2, 0.25) is 5.69 Å². The second-order valence-corrected chi connectivity index (χ2v) is 9.55. The van der Waals surface area contributed by atoms with Crippen molar-refractivity contribution in [3.63, 3.8) is 0 Å². The van der Waals surface area contributed by atoms with E-state index in [1.54, 1.807) is 26.0 Å². The topological polar surface area (TPSA) is 40.8 Å². The van der Waals surface area contributed by atoms with Gasteiger partial charge in [-0.3, -0.25) is 0 Å². The molecule has 2 heterocycles. The molecule has 0 unspecified atom stereocenters. The van der Waals surface area contributed by atoms with Crippen LogP contribution in [0.3, 0.4) is 0 Å². The summed E-state index contributed by atoms with van der Waals surface area (Å²) >= 11 is 0. The fourth-order valence-electron chi connectivity index (χ4n) is 5.15. The number of para-hydroxylation sites is 1. The number of aromatic nitrogens is 1. The standard InChI is InChI=1S/C31H27N2O/c1-19-14-23(18-32)28-25-9-7-8-24(20-11-12-21-16-31(2,3)17-22(21)15-20)29(25)34-30(28)27(19)26-10-5-6-13-33(26)4/h5-15H,16-17H2,1-4H3/q+1/i16D2,17D2. The summed E-state index contributed by atoms with van der Waals surface area (Å²) in [4.78, 5) is 0. The van der Waals surface area contributed by atoms with Crippen LogP contribution in [0.4, 0.5) is 0 Å². The molecule has 1 aliphatic carbocycles. The zero-order valence-corrected chi connectivity index (χ0v) is 19.7. The van der Waals surface area contributed by atoms with Gasteiger partial charge in [0.25, 0.3) is 0 Å². The Balaban J connectivity index is 1.67.